The van der Waals surface area contributed by atoms with Crippen LogP contribution in [0.3, 0.4) is 0 Å². The van der Waals surface area contributed by atoms with Crippen LogP contribution < -0.4 is 4.74 Å². The summed E-state index contributed by atoms with van der Waals surface area (Å²) >= 11 is 5.93. The van der Waals surface area contributed by atoms with Gasteiger partial charge in [0.1, 0.15) is 0 Å². The third-order valence-electron chi connectivity index (χ3n) is 2.98. The van der Waals surface area contributed by atoms with Crippen LogP contribution in [0.25, 0.3) is 0 Å². The molecule has 0 fully saturated rings. The Bertz CT molecular complexity index is 633. The fraction of sp³-hybridized carbons (Fsp3) is 0.188. The lowest BCUT2D eigenvalue weighted by molar-refractivity contribution is 0.0991. The van der Waals surface area contributed by atoms with E-state index in [0.29, 0.717) is 16.1 Å². The van der Waals surface area contributed by atoms with E-state index < -0.39 is 5.82 Å². The molecule has 0 amide bonds. The number of ether oxygens (including phenoxy) is 1. The first-order valence-electron chi connectivity index (χ1n) is 6.13. The molecule has 0 saturated carbocycles. The quantitative estimate of drug-likeness (QED) is 0.789. The minimum absolute atomic E-state index is 0.0250. The van der Waals surface area contributed by atoms with Crippen molar-refractivity contribution in [3.05, 3.63) is 63.9 Å². The SMILES string of the molecule is COc1cccc(CC(=O)c2cc(C)cc(Cl)c2)c1F. The second kappa shape index (κ2) is 6.06. The summed E-state index contributed by atoms with van der Waals surface area (Å²) in [7, 11) is 1.39. The number of aryl methyl sites for hydroxylation is 1. The zero-order valence-corrected chi connectivity index (χ0v) is 12.0. The first-order chi connectivity index (χ1) is 9.51. The summed E-state index contributed by atoms with van der Waals surface area (Å²) in [5.74, 6) is -0.539. The van der Waals surface area contributed by atoms with Crippen molar-refractivity contribution in [1.82, 2.24) is 0 Å². The van der Waals surface area contributed by atoms with Gasteiger partial charge in [-0.1, -0.05) is 23.7 Å². The van der Waals surface area contributed by atoms with Crippen molar-refractivity contribution in [3.63, 3.8) is 0 Å². The van der Waals surface area contributed by atoms with Crippen LogP contribution >= 0.6 is 11.6 Å². The van der Waals surface area contributed by atoms with Gasteiger partial charge in [0.15, 0.2) is 17.3 Å². The smallest absolute Gasteiger partial charge is 0.168 e. The molecule has 0 aliphatic heterocycles. The number of hydrogen-bond acceptors (Lipinski definition) is 2. The van der Waals surface area contributed by atoms with Crippen molar-refractivity contribution >= 4 is 17.4 Å². The monoisotopic (exact) mass is 292 g/mol. The van der Waals surface area contributed by atoms with Crippen LogP contribution in [0.15, 0.2) is 36.4 Å². The maximum atomic E-state index is 14.0. The lowest BCUT2D eigenvalue weighted by Gasteiger charge is -2.07. The number of halogens is 2. The van der Waals surface area contributed by atoms with E-state index in [1.54, 1.807) is 30.3 Å². The largest absolute Gasteiger partial charge is 0.494 e. The second-order valence-electron chi connectivity index (χ2n) is 4.55. The summed E-state index contributed by atoms with van der Waals surface area (Å²) < 4.78 is 18.9. The molecule has 0 bridgehead atoms. The number of carbonyl (C=O) groups excluding carboxylic acids is 1. The minimum Gasteiger partial charge on any atom is -0.494 e. The van der Waals surface area contributed by atoms with E-state index in [0.717, 1.165) is 5.56 Å². The van der Waals surface area contributed by atoms with Gasteiger partial charge in [0.05, 0.1) is 7.11 Å². The summed E-state index contributed by atoms with van der Waals surface area (Å²) in [6.07, 6.45) is -0.0250. The van der Waals surface area contributed by atoms with Gasteiger partial charge in [-0.3, -0.25) is 4.79 Å². The highest BCUT2D eigenvalue weighted by molar-refractivity contribution is 6.31. The second-order valence-corrected chi connectivity index (χ2v) is 4.99. The molecule has 2 rings (SSSR count). The Morgan fingerprint density at radius 3 is 2.70 bits per heavy atom. The molecule has 0 aromatic heterocycles. The zero-order valence-electron chi connectivity index (χ0n) is 11.2. The Morgan fingerprint density at radius 2 is 2.05 bits per heavy atom. The summed E-state index contributed by atoms with van der Waals surface area (Å²) in [4.78, 5) is 12.2. The highest BCUT2D eigenvalue weighted by atomic mass is 35.5. The van der Waals surface area contributed by atoms with Crippen molar-refractivity contribution in [2.45, 2.75) is 13.3 Å². The van der Waals surface area contributed by atoms with Gasteiger partial charge >= 0.3 is 0 Å². The molecule has 0 N–H and O–H groups in total. The van der Waals surface area contributed by atoms with Crippen LogP contribution in [0.2, 0.25) is 5.02 Å². The topological polar surface area (TPSA) is 26.3 Å². The zero-order chi connectivity index (χ0) is 14.7. The van der Waals surface area contributed by atoms with Crippen LogP contribution in [-0.2, 0) is 6.42 Å². The first-order valence-corrected chi connectivity index (χ1v) is 6.51. The van der Waals surface area contributed by atoms with E-state index in [2.05, 4.69) is 0 Å². The van der Waals surface area contributed by atoms with Crippen molar-refractivity contribution < 1.29 is 13.9 Å². The van der Waals surface area contributed by atoms with Gasteiger partial charge < -0.3 is 4.74 Å². The Kier molecular flexibility index (Phi) is 4.40. The normalized spacial score (nSPS) is 10.4. The minimum atomic E-state index is -0.498. The van der Waals surface area contributed by atoms with Crippen molar-refractivity contribution in [2.75, 3.05) is 7.11 Å². The van der Waals surface area contributed by atoms with E-state index in [1.807, 2.05) is 6.92 Å². The molecule has 0 spiro atoms. The third-order valence-corrected chi connectivity index (χ3v) is 3.20. The molecule has 0 heterocycles. The van der Waals surface area contributed by atoms with Gasteiger partial charge in [0.25, 0.3) is 0 Å². The number of ketones is 1. The van der Waals surface area contributed by atoms with Crippen LogP contribution in [0.1, 0.15) is 21.5 Å². The molecular formula is C16H14ClFO2. The standard InChI is InChI=1S/C16H14ClFO2/c1-10-6-12(8-13(17)7-10)14(19)9-11-4-3-5-15(20-2)16(11)18/h3-8H,9H2,1-2H3. The van der Waals surface area contributed by atoms with Crippen molar-refractivity contribution in [2.24, 2.45) is 0 Å². The lowest BCUT2D eigenvalue weighted by atomic mass is 10.0. The Hall–Kier alpha value is -1.87. The summed E-state index contributed by atoms with van der Waals surface area (Å²) in [6, 6.07) is 9.86. The molecule has 0 aliphatic carbocycles. The molecule has 2 nitrogen and oxygen atoms in total. The van der Waals surface area contributed by atoms with Gasteiger partial charge in [-0.05, 0) is 42.3 Å². The van der Waals surface area contributed by atoms with Crippen LogP contribution in [0.5, 0.6) is 5.75 Å². The molecule has 0 radical (unpaired) electrons. The average Bonchev–Trinajstić information content (AvgIpc) is 2.40. The Labute approximate surface area is 122 Å². The van der Waals surface area contributed by atoms with Gasteiger partial charge in [-0.2, -0.15) is 0 Å². The molecule has 4 heteroatoms. The molecule has 2 aromatic rings. The van der Waals surface area contributed by atoms with Crippen LogP contribution in [-0.4, -0.2) is 12.9 Å². The predicted molar refractivity (Wildman–Crippen MR) is 77.2 cm³/mol. The number of carbonyl (C=O) groups is 1. The van der Waals surface area contributed by atoms with Crippen molar-refractivity contribution in [1.29, 1.82) is 0 Å². The highest BCUT2D eigenvalue weighted by Gasteiger charge is 2.14. The van der Waals surface area contributed by atoms with Crippen molar-refractivity contribution in [3.8, 4) is 5.75 Å². The highest BCUT2D eigenvalue weighted by Crippen LogP contribution is 2.22. The maximum absolute atomic E-state index is 14.0. The molecule has 0 atom stereocenters. The first kappa shape index (κ1) is 14.5. The molecule has 0 unspecified atom stereocenters. The number of Topliss-reactive ketones (excluding diaryl/α,β-unsaturated/α-hetero) is 1. The average molecular weight is 293 g/mol. The number of benzene rings is 2. The maximum Gasteiger partial charge on any atom is 0.168 e. The summed E-state index contributed by atoms with van der Waals surface area (Å²) in [6.45, 7) is 1.86. The van der Waals surface area contributed by atoms with E-state index >= 15 is 0 Å². The Morgan fingerprint density at radius 1 is 1.30 bits per heavy atom. The fourth-order valence-electron chi connectivity index (χ4n) is 2.02. The van der Waals surface area contributed by atoms with Crippen LogP contribution in [0.4, 0.5) is 4.39 Å². The van der Waals surface area contributed by atoms with E-state index in [-0.39, 0.29) is 18.0 Å². The van der Waals surface area contributed by atoms with E-state index in [9.17, 15) is 9.18 Å². The number of hydrogen-bond donors (Lipinski definition) is 0. The molecule has 104 valence electrons. The number of methoxy groups -OCH3 is 1. The van der Waals surface area contributed by atoms with Gasteiger partial charge in [-0.15, -0.1) is 0 Å². The summed E-state index contributed by atoms with van der Waals surface area (Å²) in [5, 5.41) is 0.500. The number of rotatable bonds is 4. The molecule has 0 aliphatic rings. The molecule has 0 saturated heterocycles. The fourth-order valence-corrected chi connectivity index (χ4v) is 2.31. The molecule has 2 aromatic carbocycles. The van der Waals surface area contributed by atoms with Crippen LogP contribution in [0, 0.1) is 12.7 Å². The van der Waals surface area contributed by atoms with Gasteiger partial charge in [0, 0.05) is 17.0 Å². The van der Waals surface area contributed by atoms with Gasteiger partial charge in [-0.25, -0.2) is 4.39 Å². The third kappa shape index (κ3) is 3.17. The predicted octanol–water partition coefficient (Wildman–Crippen LogP) is 4.22. The Balaban J connectivity index is 2.28. The van der Waals surface area contributed by atoms with Gasteiger partial charge in [0.2, 0.25) is 0 Å². The molecular weight excluding hydrogens is 279 g/mol. The molecule has 20 heavy (non-hydrogen) atoms. The summed E-state index contributed by atoms with van der Waals surface area (Å²) in [5.41, 5.74) is 1.69. The van der Waals surface area contributed by atoms with E-state index in [4.69, 9.17) is 16.3 Å². The van der Waals surface area contributed by atoms with E-state index in [1.165, 1.54) is 13.2 Å². The lowest BCUT2D eigenvalue weighted by Crippen LogP contribution is -2.06.